The molecule has 0 spiro atoms. The Hall–Kier alpha value is -5.00. The number of esters is 1. The SMILES string of the molecule is CC(C)(C)OC(=O)CC[C@@]1(C(=O)NCc2ccc(F)cc2F)N=C(c2ccc(OCCCO)cc2)O[C@@H]1c1ccccc1N=[N+]=[N-]. The molecule has 0 unspecified atom stereocenters. The average Bonchev–Trinajstić information content (AvgIpc) is 3.40. The Morgan fingerprint density at radius 1 is 1.13 bits per heavy atom. The molecule has 2 N–H and O–H groups in total. The Balaban J connectivity index is 1.79. The van der Waals surface area contributed by atoms with Gasteiger partial charge in [-0.15, -0.1) is 0 Å². The lowest BCUT2D eigenvalue weighted by atomic mass is 9.82. The van der Waals surface area contributed by atoms with Gasteiger partial charge in [0, 0.05) is 59.3 Å². The number of aliphatic hydroxyl groups excluding tert-OH is 1. The van der Waals surface area contributed by atoms with Gasteiger partial charge in [-0.3, -0.25) is 9.59 Å². The maximum Gasteiger partial charge on any atom is 0.306 e. The number of azide groups is 1. The van der Waals surface area contributed by atoms with E-state index >= 15 is 0 Å². The summed E-state index contributed by atoms with van der Waals surface area (Å²) in [7, 11) is 0. The quantitative estimate of drug-likeness (QED) is 0.0732. The summed E-state index contributed by atoms with van der Waals surface area (Å²) in [5, 5.41) is 15.5. The van der Waals surface area contributed by atoms with Crippen molar-refractivity contribution in [3.63, 3.8) is 0 Å². The van der Waals surface area contributed by atoms with Gasteiger partial charge in [0.25, 0.3) is 5.91 Å². The largest absolute Gasteiger partial charge is 0.494 e. The van der Waals surface area contributed by atoms with Gasteiger partial charge in [0.15, 0.2) is 11.6 Å². The second kappa shape index (κ2) is 14.9. The first kappa shape index (κ1) is 33.9. The van der Waals surface area contributed by atoms with Gasteiger partial charge in [-0.1, -0.05) is 35.4 Å². The van der Waals surface area contributed by atoms with E-state index < -0.39 is 40.8 Å². The van der Waals surface area contributed by atoms with Crippen LogP contribution in [0.5, 0.6) is 5.75 Å². The number of benzene rings is 3. The molecule has 0 bridgehead atoms. The summed E-state index contributed by atoms with van der Waals surface area (Å²) in [4.78, 5) is 34.9. The molecule has 13 heteroatoms. The third-order valence-electron chi connectivity index (χ3n) is 6.99. The zero-order valence-electron chi connectivity index (χ0n) is 25.7. The number of amides is 1. The summed E-state index contributed by atoms with van der Waals surface area (Å²) in [6, 6.07) is 16.2. The fourth-order valence-corrected chi connectivity index (χ4v) is 4.87. The van der Waals surface area contributed by atoms with Gasteiger partial charge in [0.2, 0.25) is 5.90 Å². The molecule has 0 fully saturated rings. The van der Waals surface area contributed by atoms with E-state index in [1.54, 1.807) is 69.3 Å². The topological polar surface area (TPSA) is 155 Å². The van der Waals surface area contributed by atoms with Gasteiger partial charge in [-0.05, 0) is 63.1 Å². The highest BCUT2D eigenvalue weighted by molar-refractivity contribution is 6.01. The Morgan fingerprint density at radius 3 is 2.54 bits per heavy atom. The lowest BCUT2D eigenvalue weighted by molar-refractivity contribution is -0.155. The number of nitrogens with zero attached hydrogens (tertiary/aromatic N) is 4. The van der Waals surface area contributed by atoms with Crippen LogP contribution in [0.25, 0.3) is 10.4 Å². The van der Waals surface area contributed by atoms with Crippen molar-refractivity contribution in [1.82, 2.24) is 5.32 Å². The van der Waals surface area contributed by atoms with E-state index in [2.05, 4.69) is 15.3 Å². The maximum atomic E-state index is 14.5. The molecule has 1 aliphatic heterocycles. The molecule has 4 rings (SSSR count). The van der Waals surface area contributed by atoms with Crippen LogP contribution in [0.4, 0.5) is 14.5 Å². The number of aliphatic hydroxyl groups is 1. The highest BCUT2D eigenvalue weighted by Crippen LogP contribution is 2.46. The van der Waals surface area contributed by atoms with E-state index in [9.17, 15) is 23.9 Å². The van der Waals surface area contributed by atoms with Crippen molar-refractivity contribution in [1.29, 1.82) is 0 Å². The highest BCUT2D eigenvalue weighted by atomic mass is 19.1. The first-order valence-corrected chi connectivity index (χ1v) is 14.6. The second-order valence-electron chi connectivity index (χ2n) is 11.5. The molecule has 3 aromatic carbocycles. The number of carbonyl (C=O) groups is 2. The van der Waals surface area contributed by atoms with Crippen LogP contribution in [0.3, 0.4) is 0 Å². The fourth-order valence-electron chi connectivity index (χ4n) is 4.87. The zero-order chi connectivity index (χ0) is 33.3. The molecule has 0 saturated heterocycles. The average molecular weight is 636 g/mol. The van der Waals surface area contributed by atoms with Crippen LogP contribution in [0.1, 0.15) is 62.8 Å². The maximum absolute atomic E-state index is 14.5. The van der Waals surface area contributed by atoms with Crippen LogP contribution < -0.4 is 10.1 Å². The molecule has 11 nitrogen and oxygen atoms in total. The normalized spacial score (nSPS) is 17.3. The summed E-state index contributed by atoms with van der Waals surface area (Å²) in [6.45, 7) is 5.15. The molecule has 3 aromatic rings. The van der Waals surface area contributed by atoms with Gasteiger partial charge < -0.3 is 24.6 Å². The Bertz CT molecular complexity index is 1640. The number of rotatable bonds is 13. The first-order valence-electron chi connectivity index (χ1n) is 14.6. The molecule has 2 atom stereocenters. The van der Waals surface area contributed by atoms with Crippen molar-refractivity contribution in [2.45, 2.75) is 63.8 Å². The summed E-state index contributed by atoms with van der Waals surface area (Å²) in [6.07, 6.45) is -1.17. The van der Waals surface area contributed by atoms with Crippen LogP contribution in [0.15, 0.2) is 76.8 Å². The lowest BCUT2D eigenvalue weighted by Crippen LogP contribution is -2.48. The molecular weight excluding hydrogens is 600 g/mol. The van der Waals surface area contributed by atoms with E-state index in [1.165, 1.54) is 6.07 Å². The zero-order valence-corrected chi connectivity index (χ0v) is 25.7. The summed E-state index contributed by atoms with van der Waals surface area (Å²) >= 11 is 0. The molecule has 0 aromatic heterocycles. The molecule has 0 radical (unpaired) electrons. The first-order chi connectivity index (χ1) is 22.0. The standard InChI is InChI=1S/C33H35F2N5O6/c1-32(2,3)46-28(42)15-16-33(31(43)37-20-22-9-12-23(34)19-26(22)35)29(25-7-4-5-8-27(25)39-40-36)45-30(38-33)21-10-13-24(14-11-21)44-18-6-17-41/h4-5,7-14,19,29,41H,6,15-18,20H2,1-3H3,(H,37,43)/t29-,33-/m1/s1. The van der Waals surface area contributed by atoms with Crippen LogP contribution >= 0.6 is 0 Å². The predicted octanol–water partition coefficient (Wildman–Crippen LogP) is 6.36. The van der Waals surface area contributed by atoms with Crippen molar-refractivity contribution in [2.75, 3.05) is 13.2 Å². The summed E-state index contributed by atoms with van der Waals surface area (Å²) in [5.74, 6) is -2.30. The third kappa shape index (κ3) is 8.38. The Kier molecular flexibility index (Phi) is 10.9. The van der Waals surface area contributed by atoms with Gasteiger partial charge in [-0.25, -0.2) is 13.8 Å². The van der Waals surface area contributed by atoms with E-state index in [0.717, 1.165) is 6.07 Å². The fraction of sp³-hybridized carbons (Fsp3) is 0.364. The van der Waals surface area contributed by atoms with E-state index in [0.29, 0.717) is 36.0 Å². The third-order valence-corrected chi connectivity index (χ3v) is 6.99. The van der Waals surface area contributed by atoms with Crippen molar-refractivity contribution in [2.24, 2.45) is 10.1 Å². The van der Waals surface area contributed by atoms with Gasteiger partial charge >= 0.3 is 5.97 Å². The van der Waals surface area contributed by atoms with Crippen LogP contribution in [-0.2, 0) is 25.6 Å². The van der Waals surface area contributed by atoms with Crippen LogP contribution in [0, 0.1) is 11.6 Å². The molecule has 1 amide bonds. The van der Waals surface area contributed by atoms with Crippen LogP contribution in [-0.4, -0.2) is 47.2 Å². The van der Waals surface area contributed by atoms with Crippen molar-refractivity contribution < 1.29 is 37.7 Å². The highest BCUT2D eigenvalue weighted by Gasteiger charge is 2.54. The lowest BCUT2D eigenvalue weighted by Gasteiger charge is -2.31. The smallest absolute Gasteiger partial charge is 0.306 e. The molecule has 46 heavy (non-hydrogen) atoms. The molecule has 0 saturated carbocycles. The van der Waals surface area contributed by atoms with Crippen molar-refractivity contribution >= 4 is 23.5 Å². The molecule has 1 aliphatic rings. The molecule has 1 heterocycles. The van der Waals surface area contributed by atoms with Crippen molar-refractivity contribution in [3.8, 4) is 5.75 Å². The second-order valence-corrected chi connectivity index (χ2v) is 11.5. The summed E-state index contributed by atoms with van der Waals surface area (Å²) in [5.41, 5.74) is 7.67. The number of carbonyl (C=O) groups excluding carboxylic acids is 2. The minimum absolute atomic E-state index is 0.0112. The van der Waals surface area contributed by atoms with Gasteiger partial charge in [0.05, 0.1) is 6.61 Å². The Morgan fingerprint density at radius 2 is 1.87 bits per heavy atom. The van der Waals surface area contributed by atoms with Gasteiger partial charge in [-0.2, -0.15) is 0 Å². The van der Waals surface area contributed by atoms with E-state index in [-0.39, 0.29) is 43.1 Å². The number of aliphatic imine (C=N–C) groups is 1. The van der Waals surface area contributed by atoms with Crippen molar-refractivity contribution in [3.05, 3.63) is 105 Å². The number of hydrogen-bond donors (Lipinski definition) is 2. The number of halogens is 2. The molecule has 242 valence electrons. The minimum atomic E-state index is -1.82. The predicted molar refractivity (Wildman–Crippen MR) is 165 cm³/mol. The minimum Gasteiger partial charge on any atom is -0.494 e. The van der Waals surface area contributed by atoms with Gasteiger partial charge in [0.1, 0.15) is 23.0 Å². The van der Waals surface area contributed by atoms with E-state index in [4.69, 9.17) is 24.3 Å². The molecular formula is C33H35F2N5O6. The number of nitrogens with one attached hydrogen (secondary N) is 1. The number of hydrogen-bond acceptors (Lipinski definition) is 8. The monoisotopic (exact) mass is 635 g/mol. The van der Waals surface area contributed by atoms with Crippen LogP contribution in [0.2, 0.25) is 0 Å². The number of ether oxygens (including phenoxy) is 3. The summed E-state index contributed by atoms with van der Waals surface area (Å²) < 4.78 is 45.5. The van der Waals surface area contributed by atoms with E-state index in [1.807, 2.05) is 0 Å². The molecule has 0 aliphatic carbocycles. The Labute approximate surface area is 264 Å².